The van der Waals surface area contributed by atoms with Crippen molar-refractivity contribution in [2.45, 2.75) is 43.2 Å². The molecule has 1 heterocycles. The van der Waals surface area contributed by atoms with Crippen LogP contribution >= 0.6 is 0 Å². The van der Waals surface area contributed by atoms with Crippen molar-refractivity contribution in [1.29, 1.82) is 0 Å². The summed E-state index contributed by atoms with van der Waals surface area (Å²) in [5, 5.41) is 2.96. The molecule has 1 amide bonds. The first-order valence-electron chi connectivity index (χ1n) is 14.5. The van der Waals surface area contributed by atoms with E-state index < -0.39 is 42.2 Å². The maximum atomic E-state index is 13.2. The lowest BCUT2D eigenvalue weighted by Crippen LogP contribution is -2.66. The number of ether oxygens (including phenoxy) is 5. The highest BCUT2D eigenvalue weighted by Gasteiger charge is 2.50. The van der Waals surface area contributed by atoms with Gasteiger partial charge in [-0.05, 0) is 28.8 Å². The zero-order valence-electron chi connectivity index (χ0n) is 25.0. The Hall–Kier alpha value is -4.34. The van der Waals surface area contributed by atoms with Crippen molar-refractivity contribution in [1.82, 2.24) is 5.32 Å². The SMILES string of the molecule is COC1OC(COC(c2ccccc2)(c2ccccc2)c2ccccc2)C(OC(C)=O)C(OC)C1NC(=O)c1ccccc1. The first kappa shape index (κ1) is 31.1. The number of carbonyl (C=O) groups is 2. The molecule has 0 spiro atoms. The maximum absolute atomic E-state index is 13.2. The summed E-state index contributed by atoms with van der Waals surface area (Å²) in [6, 6.07) is 37.9. The van der Waals surface area contributed by atoms with Crippen LogP contribution in [-0.2, 0) is 34.1 Å². The van der Waals surface area contributed by atoms with Crippen LogP contribution in [0.1, 0.15) is 34.0 Å². The summed E-state index contributed by atoms with van der Waals surface area (Å²) in [5.74, 6) is -0.856. The maximum Gasteiger partial charge on any atom is 0.303 e. The third-order valence-corrected chi connectivity index (χ3v) is 7.79. The molecule has 8 nitrogen and oxygen atoms in total. The predicted molar refractivity (Wildman–Crippen MR) is 165 cm³/mol. The Morgan fingerprint density at radius 2 is 1.18 bits per heavy atom. The predicted octanol–water partition coefficient (Wildman–Crippen LogP) is 5.11. The molecule has 8 heteroatoms. The second-order valence-corrected chi connectivity index (χ2v) is 10.5. The average molecular weight is 596 g/mol. The Balaban J connectivity index is 1.52. The Kier molecular flexibility index (Phi) is 10.2. The van der Waals surface area contributed by atoms with Gasteiger partial charge in [0.1, 0.15) is 23.9 Å². The molecular formula is C36H37NO7. The number of nitrogens with one attached hydrogen (secondary N) is 1. The molecule has 4 aromatic rings. The Morgan fingerprint density at radius 3 is 1.61 bits per heavy atom. The Morgan fingerprint density at radius 1 is 0.705 bits per heavy atom. The Bertz CT molecular complexity index is 1390. The number of amides is 1. The summed E-state index contributed by atoms with van der Waals surface area (Å²) in [6.07, 6.45) is -3.47. The number of esters is 1. The second-order valence-electron chi connectivity index (χ2n) is 10.5. The van der Waals surface area contributed by atoms with E-state index >= 15 is 0 Å². The van der Waals surface area contributed by atoms with Gasteiger partial charge in [0.2, 0.25) is 0 Å². The molecule has 1 fully saturated rings. The molecule has 1 N–H and O–H groups in total. The fraction of sp³-hybridized carbons (Fsp3) is 0.278. The quantitative estimate of drug-likeness (QED) is 0.190. The van der Waals surface area contributed by atoms with Gasteiger partial charge in [0.15, 0.2) is 12.4 Å². The molecular weight excluding hydrogens is 558 g/mol. The normalized spacial score (nSPS) is 21.8. The lowest BCUT2D eigenvalue weighted by Gasteiger charge is -2.46. The van der Waals surface area contributed by atoms with E-state index in [2.05, 4.69) is 5.32 Å². The molecule has 4 aromatic carbocycles. The smallest absolute Gasteiger partial charge is 0.303 e. The van der Waals surface area contributed by atoms with Gasteiger partial charge in [-0.25, -0.2) is 0 Å². The van der Waals surface area contributed by atoms with Gasteiger partial charge in [-0.2, -0.15) is 0 Å². The van der Waals surface area contributed by atoms with E-state index in [0.29, 0.717) is 5.56 Å². The van der Waals surface area contributed by atoms with Crippen LogP contribution in [0.4, 0.5) is 0 Å². The third kappa shape index (κ3) is 6.59. The van der Waals surface area contributed by atoms with E-state index in [4.69, 9.17) is 23.7 Å². The minimum atomic E-state index is -1.03. The van der Waals surface area contributed by atoms with Gasteiger partial charge < -0.3 is 29.0 Å². The molecule has 5 rings (SSSR count). The number of carbonyl (C=O) groups excluding carboxylic acids is 2. The lowest BCUT2D eigenvalue weighted by molar-refractivity contribution is -0.275. The molecule has 5 unspecified atom stereocenters. The summed E-state index contributed by atoms with van der Waals surface area (Å²) in [6.45, 7) is 1.32. The molecule has 0 aromatic heterocycles. The van der Waals surface area contributed by atoms with E-state index in [1.54, 1.807) is 24.3 Å². The van der Waals surface area contributed by atoms with Gasteiger partial charge in [0.05, 0.1) is 6.61 Å². The van der Waals surface area contributed by atoms with Crippen molar-refractivity contribution in [2.24, 2.45) is 0 Å². The minimum absolute atomic E-state index is 0.00426. The summed E-state index contributed by atoms with van der Waals surface area (Å²) >= 11 is 0. The first-order valence-corrected chi connectivity index (χ1v) is 14.5. The van der Waals surface area contributed by atoms with Crippen LogP contribution in [0.15, 0.2) is 121 Å². The van der Waals surface area contributed by atoms with Crippen LogP contribution in [0, 0.1) is 0 Å². The summed E-state index contributed by atoms with van der Waals surface area (Å²) in [7, 11) is 2.99. The number of rotatable bonds is 11. The van der Waals surface area contributed by atoms with Gasteiger partial charge in [-0.15, -0.1) is 0 Å². The van der Waals surface area contributed by atoms with Crippen LogP contribution < -0.4 is 5.32 Å². The molecule has 44 heavy (non-hydrogen) atoms. The third-order valence-electron chi connectivity index (χ3n) is 7.79. The van der Waals surface area contributed by atoms with Crippen molar-refractivity contribution < 1.29 is 33.3 Å². The highest BCUT2D eigenvalue weighted by atomic mass is 16.7. The van der Waals surface area contributed by atoms with E-state index in [9.17, 15) is 9.59 Å². The molecule has 5 atom stereocenters. The van der Waals surface area contributed by atoms with Crippen molar-refractivity contribution >= 4 is 11.9 Å². The fourth-order valence-corrected chi connectivity index (χ4v) is 5.81. The number of hydrogen-bond acceptors (Lipinski definition) is 7. The van der Waals surface area contributed by atoms with Gasteiger partial charge >= 0.3 is 5.97 Å². The standard InChI is InChI=1S/C36H37NO7/c1-25(38)43-32-30(44-35(41-3)31(33(32)40-2)37-34(39)26-16-8-4-9-17-26)24-42-36(27-18-10-5-11-19-27,28-20-12-6-13-21-28)29-22-14-7-15-23-29/h4-23,30-33,35H,24H2,1-3H3,(H,37,39). The number of hydrogen-bond donors (Lipinski definition) is 1. The van der Waals surface area contributed by atoms with Crippen LogP contribution in [0.5, 0.6) is 0 Å². The van der Waals surface area contributed by atoms with Crippen molar-refractivity contribution in [3.8, 4) is 0 Å². The van der Waals surface area contributed by atoms with Crippen molar-refractivity contribution in [3.05, 3.63) is 144 Å². The van der Waals surface area contributed by atoms with Crippen LogP contribution in [0.3, 0.4) is 0 Å². The first-order chi connectivity index (χ1) is 21.5. The van der Waals surface area contributed by atoms with Gasteiger partial charge in [0, 0.05) is 26.7 Å². The van der Waals surface area contributed by atoms with E-state index in [1.165, 1.54) is 21.1 Å². The summed E-state index contributed by atoms with van der Waals surface area (Å²) < 4.78 is 30.9. The van der Waals surface area contributed by atoms with Gasteiger partial charge in [-0.3, -0.25) is 9.59 Å². The molecule has 0 radical (unpaired) electrons. The van der Waals surface area contributed by atoms with E-state index in [-0.39, 0.29) is 12.5 Å². The summed E-state index contributed by atoms with van der Waals surface area (Å²) in [4.78, 5) is 25.6. The second kappa shape index (κ2) is 14.4. The number of benzene rings is 4. The monoisotopic (exact) mass is 595 g/mol. The number of methoxy groups -OCH3 is 2. The highest BCUT2D eigenvalue weighted by molar-refractivity contribution is 5.94. The molecule has 0 saturated carbocycles. The topological polar surface area (TPSA) is 92.3 Å². The fourth-order valence-electron chi connectivity index (χ4n) is 5.81. The molecule has 228 valence electrons. The molecule has 0 aliphatic carbocycles. The molecule has 1 aliphatic heterocycles. The average Bonchev–Trinajstić information content (AvgIpc) is 3.07. The van der Waals surface area contributed by atoms with Crippen molar-refractivity contribution in [3.63, 3.8) is 0 Å². The molecule has 1 aliphatic rings. The van der Waals surface area contributed by atoms with E-state index in [1.807, 2.05) is 97.1 Å². The molecule has 1 saturated heterocycles. The van der Waals surface area contributed by atoms with Crippen LogP contribution in [0.25, 0.3) is 0 Å². The van der Waals surface area contributed by atoms with Gasteiger partial charge in [-0.1, -0.05) is 109 Å². The van der Waals surface area contributed by atoms with Crippen LogP contribution in [-0.4, -0.2) is 63.3 Å². The lowest BCUT2D eigenvalue weighted by atomic mass is 9.80. The largest absolute Gasteiger partial charge is 0.457 e. The van der Waals surface area contributed by atoms with Crippen LogP contribution in [0.2, 0.25) is 0 Å². The Labute approximate surface area is 257 Å². The van der Waals surface area contributed by atoms with E-state index in [0.717, 1.165) is 16.7 Å². The summed E-state index contributed by atoms with van der Waals surface area (Å²) in [5.41, 5.74) is 2.17. The minimum Gasteiger partial charge on any atom is -0.457 e. The zero-order chi connectivity index (χ0) is 30.9. The van der Waals surface area contributed by atoms with Crippen molar-refractivity contribution in [2.75, 3.05) is 20.8 Å². The van der Waals surface area contributed by atoms with Gasteiger partial charge in [0.25, 0.3) is 5.91 Å². The molecule has 0 bridgehead atoms. The zero-order valence-corrected chi connectivity index (χ0v) is 25.0. The highest BCUT2D eigenvalue weighted by Crippen LogP contribution is 2.41.